The minimum Gasteiger partial charge on any atom is -0.299 e. The topological polar surface area (TPSA) is 3.24 Å². The first-order valence-corrected chi connectivity index (χ1v) is 6.04. The fourth-order valence-corrected chi connectivity index (χ4v) is 2.12. The zero-order valence-corrected chi connectivity index (χ0v) is 10.5. The Hall–Kier alpha value is -0.820. The van der Waals surface area contributed by atoms with E-state index in [4.69, 9.17) is 0 Å². The van der Waals surface area contributed by atoms with Gasteiger partial charge in [0, 0.05) is 6.04 Å². The van der Waals surface area contributed by atoms with Crippen LogP contribution in [0.15, 0.2) is 24.3 Å². The Labute approximate surface area is 94.1 Å². The molecule has 15 heavy (non-hydrogen) atoms. The average Bonchev–Trinajstić information content (AvgIpc) is 2.69. The van der Waals surface area contributed by atoms with E-state index in [1.807, 2.05) is 13.8 Å². The zero-order chi connectivity index (χ0) is 11.3. The van der Waals surface area contributed by atoms with Crippen LogP contribution >= 0.6 is 0 Å². The number of aryl methyl sites for hydroxylation is 1. The van der Waals surface area contributed by atoms with Gasteiger partial charge >= 0.3 is 0 Å². The van der Waals surface area contributed by atoms with Crippen LogP contribution < -0.4 is 0 Å². The second-order valence-electron chi connectivity index (χ2n) is 4.05. The predicted molar refractivity (Wildman–Crippen MR) is 67.1 cm³/mol. The van der Waals surface area contributed by atoms with Crippen molar-refractivity contribution in [1.29, 1.82) is 0 Å². The van der Waals surface area contributed by atoms with Crippen molar-refractivity contribution in [2.45, 2.75) is 39.7 Å². The monoisotopic (exact) mass is 205 g/mol. The molecule has 1 atom stereocenters. The largest absolute Gasteiger partial charge is 0.299 e. The lowest BCUT2D eigenvalue weighted by Gasteiger charge is -2.19. The van der Waals surface area contributed by atoms with Gasteiger partial charge < -0.3 is 0 Å². The summed E-state index contributed by atoms with van der Waals surface area (Å²) >= 11 is 0. The number of likely N-dealkylation sites (tertiary alicyclic amines) is 1. The van der Waals surface area contributed by atoms with E-state index in [0.29, 0.717) is 6.04 Å². The number of hydrogen-bond donors (Lipinski definition) is 0. The van der Waals surface area contributed by atoms with E-state index in [1.54, 1.807) is 0 Å². The van der Waals surface area contributed by atoms with E-state index in [1.165, 1.54) is 30.5 Å². The van der Waals surface area contributed by atoms with E-state index in [0.717, 1.165) is 0 Å². The van der Waals surface area contributed by atoms with E-state index < -0.39 is 0 Å². The lowest BCUT2D eigenvalue weighted by molar-refractivity contribution is 0.317. The van der Waals surface area contributed by atoms with Crippen LogP contribution in [0.5, 0.6) is 0 Å². The van der Waals surface area contributed by atoms with Gasteiger partial charge in [-0.3, -0.25) is 4.90 Å². The Morgan fingerprint density at radius 3 is 2.20 bits per heavy atom. The summed E-state index contributed by atoms with van der Waals surface area (Å²) in [5.74, 6) is 0. The molecule has 0 saturated carbocycles. The molecule has 1 nitrogen and oxygen atoms in total. The summed E-state index contributed by atoms with van der Waals surface area (Å²) in [6.45, 7) is 7.39. The van der Waals surface area contributed by atoms with Crippen molar-refractivity contribution in [3.8, 4) is 0 Å². The zero-order valence-electron chi connectivity index (χ0n) is 10.5. The van der Waals surface area contributed by atoms with Gasteiger partial charge in [-0.1, -0.05) is 43.7 Å². The van der Waals surface area contributed by atoms with Crippen molar-refractivity contribution >= 4 is 0 Å². The first-order valence-electron chi connectivity index (χ1n) is 6.04. The van der Waals surface area contributed by atoms with Gasteiger partial charge in [0.25, 0.3) is 0 Å². The van der Waals surface area contributed by atoms with E-state index in [2.05, 4.69) is 43.1 Å². The Kier molecular flexibility index (Phi) is 4.83. The molecule has 1 aromatic carbocycles. The molecular weight excluding hydrogens is 182 g/mol. The smallest absolute Gasteiger partial charge is 0.0345 e. The minimum atomic E-state index is 0.667. The highest BCUT2D eigenvalue weighted by Gasteiger charge is 2.21. The van der Waals surface area contributed by atoms with Crippen molar-refractivity contribution in [3.05, 3.63) is 35.4 Å². The number of nitrogens with zero attached hydrogens (tertiary/aromatic N) is 1. The molecule has 1 heteroatoms. The third kappa shape index (κ3) is 3.07. The summed E-state index contributed by atoms with van der Waals surface area (Å²) in [5.41, 5.74) is 2.83. The molecule has 1 fully saturated rings. The maximum absolute atomic E-state index is 2.45. The first kappa shape index (κ1) is 12.3. The van der Waals surface area contributed by atoms with Gasteiger partial charge in [0.15, 0.2) is 0 Å². The molecule has 84 valence electrons. The second kappa shape index (κ2) is 5.92. The van der Waals surface area contributed by atoms with Gasteiger partial charge in [0.2, 0.25) is 0 Å². The maximum Gasteiger partial charge on any atom is 0.0345 e. The van der Waals surface area contributed by atoms with Gasteiger partial charge in [-0.15, -0.1) is 0 Å². The predicted octanol–water partition coefficient (Wildman–Crippen LogP) is 3.79. The molecule has 0 spiro atoms. The summed E-state index contributed by atoms with van der Waals surface area (Å²) in [6.07, 6.45) is 2.66. The molecule has 0 amide bonds. The van der Waals surface area contributed by atoms with Gasteiger partial charge in [-0.05, 0) is 38.9 Å². The van der Waals surface area contributed by atoms with E-state index in [-0.39, 0.29) is 0 Å². The molecule has 1 saturated heterocycles. The Bertz CT molecular complexity index is 276. The third-order valence-corrected chi connectivity index (χ3v) is 2.98. The van der Waals surface area contributed by atoms with E-state index >= 15 is 0 Å². The summed E-state index contributed by atoms with van der Waals surface area (Å²) in [7, 11) is 2.22. The van der Waals surface area contributed by atoms with E-state index in [9.17, 15) is 0 Å². The van der Waals surface area contributed by atoms with Gasteiger partial charge in [0.1, 0.15) is 0 Å². The minimum absolute atomic E-state index is 0.667. The molecule has 1 aromatic rings. The van der Waals surface area contributed by atoms with Crippen LogP contribution in [0.2, 0.25) is 0 Å². The Balaban J connectivity index is 0.000000531. The van der Waals surface area contributed by atoms with Crippen molar-refractivity contribution in [2.24, 2.45) is 0 Å². The molecule has 0 aliphatic carbocycles. The standard InChI is InChI=1S/C12H17N.C2H6/c1-10-5-7-11(8-6-10)12-4-3-9-13(12)2;1-2/h5-8,12H,3-4,9H2,1-2H3;1-2H3. The highest BCUT2D eigenvalue weighted by atomic mass is 15.1. The van der Waals surface area contributed by atoms with Gasteiger partial charge in [0.05, 0.1) is 0 Å². The highest BCUT2D eigenvalue weighted by molar-refractivity contribution is 5.24. The Morgan fingerprint density at radius 1 is 1.13 bits per heavy atom. The number of hydrogen-bond acceptors (Lipinski definition) is 1. The molecule has 0 bridgehead atoms. The van der Waals surface area contributed by atoms with Crippen LogP contribution in [-0.4, -0.2) is 18.5 Å². The lowest BCUT2D eigenvalue weighted by atomic mass is 10.0. The lowest BCUT2D eigenvalue weighted by Crippen LogP contribution is -2.17. The van der Waals surface area contributed by atoms with Crippen LogP contribution in [0.25, 0.3) is 0 Å². The van der Waals surface area contributed by atoms with Crippen molar-refractivity contribution in [1.82, 2.24) is 4.90 Å². The SMILES string of the molecule is CC.Cc1ccc(C2CCCN2C)cc1. The Morgan fingerprint density at radius 2 is 1.73 bits per heavy atom. The van der Waals surface area contributed by atoms with Gasteiger partial charge in [-0.2, -0.15) is 0 Å². The van der Waals surface area contributed by atoms with Crippen molar-refractivity contribution in [3.63, 3.8) is 0 Å². The average molecular weight is 205 g/mol. The molecular formula is C14H23N. The molecule has 0 N–H and O–H groups in total. The summed E-state index contributed by atoms with van der Waals surface area (Å²) in [5, 5.41) is 0. The molecule has 1 aliphatic heterocycles. The van der Waals surface area contributed by atoms with Crippen molar-refractivity contribution in [2.75, 3.05) is 13.6 Å². The van der Waals surface area contributed by atoms with Crippen LogP contribution in [0.1, 0.15) is 43.9 Å². The first-order chi connectivity index (χ1) is 7.27. The van der Waals surface area contributed by atoms with Gasteiger partial charge in [-0.25, -0.2) is 0 Å². The summed E-state index contributed by atoms with van der Waals surface area (Å²) in [4.78, 5) is 2.45. The van der Waals surface area contributed by atoms with Crippen LogP contribution in [0.4, 0.5) is 0 Å². The fourth-order valence-electron chi connectivity index (χ4n) is 2.12. The molecule has 1 heterocycles. The highest BCUT2D eigenvalue weighted by Crippen LogP contribution is 2.29. The number of benzene rings is 1. The normalized spacial score (nSPS) is 20.9. The molecule has 1 aliphatic rings. The summed E-state index contributed by atoms with van der Waals surface area (Å²) < 4.78 is 0. The quantitative estimate of drug-likeness (QED) is 0.674. The molecule has 1 unspecified atom stereocenters. The molecule has 2 rings (SSSR count). The fraction of sp³-hybridized carbons (Fsp3) is 0.571. The van der Waals surface area contributed by atoms with Crippen molar-refractivity contribution < 1.29 is 0 Å². The third-order valence-electron chi connectivity index (χ3n) is 2.98. The number of rotatable bonds is 1. The molecule has 0 radical (unpaired) electrons. The maximum atomic E-state index is 2.45. The van der Waals surface area contributed by atoms with Crippen LogP contribution in [-0.2, 0) is 0 Å². The summed E-state index contributed by atoms with van der Waals surface area (Å²) in [6, 6.07) is 9.62. The van der Waals surface area contributed by atoms with Crippen LogP contribution in [0.3, 0.4) is 0 Å². The second-order valence-corrected chi connectivity index (χ2v) is 4.05. The van der Waals surface area contributed by atoms with Crippen LogP contribution in [0, 0.1) is 6.92 Å². The molecule has 0 aromatic heterocycles.